The molecule has 5 heteroatoms. The van der Waals surface area contributed by atoms with E-state index in [1.165, 1.54) is 5.56 Å². The van der Waals surface area contributed by atoms with Gasteiger partial charge in [0.2, 0.25) is 5.91 Å². The summed E-state index contributed by atoms with van der Waals surface area (Å²) in [7, 11) is 0. The van der Waals surface area contributed by atoms with Crippen molar-refractivity contribution in [2.24, 2.45) is 0 Å². The smallest absolute Gasteiger partial charge is 0.253 e. The molecule has 170 valence electrons. The van der Waals surface area contributed by atoms with Crippen LogP contribution in [0.15, 0.2) is 48.5 Å². The van der Waals surface area contributed by atoms with Gasteiger partial charge in [-0.3, -0.25) is 14.4 Å². The van der Waals surface area contributed by atoms with Crippen molar-refractivity contribution in [1.29, 1.82) is 0 Å². The van der Waals surface area contributed by atoms with Crippen molar-refractivity contribution in [3.8, 4) is 0 Å². The van der Waals surface area contributed by atoms with Crippen LogP contribution in [0, 0.1) is 6.92 Å². The number of amides is 2. The van der Waals surface area contributed by atoms with Gasteiger partial charge in [-0.25, -0.2) is 0 Å². The molecule has 0 spiro atoms. The fraction of sp³-hybridized carbons (Fsp3) is 0.444. The van der Waals surface area contributed by atoms with Crippen molar-refractivity contribution >= 4 is 17.6 Å². The second kappa shape index (κ2) is 10.1. The lowest BCUT2D eigenvalue weighted by Gasteiger charge is -2.32. The zero-order chi connectivity index (χ0) is 23.3. The highest BCUT2D eigenvalue weighted by Gasteiger charge is 2.25. The second-order valence-electron chi connectivity index (χ2n) is 9.75. The molecule has 0 aromatic heterocycles. The number of Topliss-reactive ketones (excluding diaryl/α,β-unsaturated/α-hetero) is 1. The summed E-state index contributed by atoms with van der Waals surface area (Å²) in [6.45, 7) is 9.67. The Kier molecular flexibility index (Phi) is 7.49. The summed E-state index contributed by atoms with van der Waals surface area (Å²) in [6, 6.07) is 15.3. The molecule has 1 heterocycles. The van der Waals surface area contributed by atoms with Crippen molar-refractivity contribution < 1.29 is 14.4 Å². The van der Waals surface area contributed by atoms with Crippen LogP contribution < -0.4 is 5.32 Å². The van der Waals surface area contributed by atoms with Crippen molar-refractivity contribution in [1.82, 2.24) is 10.2 Å². The van der Waals surface area contributed by atoms with E-state index in [1.54, 1.807) is 12.1 Å². The molecule has 2 aromatic carbocycles. The molecule has 0 aliphatic carbocycles. The van der Waals surface area contributed by atoms with Crippen LogP contribution in [0.1, 0.15) is 78.3 Å². The lowest BCUT2D eigenvalue weighted by Crippen LogP contribution is -2.46. The Balaban J connectivity index is 1.43. The Morgan fingerprint density at radius 2 is 1.44 bits per heavy atom. The number of hydrogen-bond donors (Lipinski definition) is 1. The normalized spacial score (nSPS) is 14.8. The van der Waals surface area contributed by atoms with Crippen LogP contribution in [0.3, 0.4) is 0 Å². The molecule has 1 saturated heterocycles. The maximum atomic E-state index is 12.8. The van der Waals surface area contributed by atoms with Crippen molar-refractivity contribution in [3.63, 3.8) is 0 Å². The number of benzene rings is 2. The number of likely N-dealkylation sites (tertiary alicyclic amines) is 1. The van der Waals surface area contributed by atoms with Crippen molar-refractivity contribution in [2.45, 2.75) is 64.8 Å². The minimum absolute atomic E-state index is 0.0157. The molecule has 0 bridgehead atoms. The first-order valence-electron chi connectivity index (χ1n) is 11.4. The van der Waals surface area contributed by atoms with Gasteiger partial charge < -0.3 is 10.2 Å². The number of piperidine rings is 1. The first kappa shape index (κ1) is 23.7. The topological polar surface area (TPSA) is 66.5 Å². The predicted octanol–water partition coefficient (Wildman–Crippen LogP) is 4.68. The number of hydrogen-bond acceptors (Lipinski definition) is 3. The molecule has 0 radical (unpaired) electrons. The molecule has 2 aromatic rings. The maximum absolute atomic E-state index is 12.8. The van der Waals surface area contributed by atoms with Crippen LogP contribution in [-0.4, -0.2) is 41.6 Å². The molecule has 5 nitrogen and oxygen atoms in total. The molecular formula is C27H34N2O3. The van der Waals surface area contributed by atoms with Gasteiger partial charge >= 0.3 is 0 Å². The van der Waals surface area contributed by atoms with E-state index < -0.39 is 0 Å². The standard InChI is InChI=1S/C27H34N2O3/c1-19-5-7-20(8-6-19)24(30)13-14-25(31)28-23-15-17-29(18-16-23)26(32)21-9-11-22(12-10-21)27(2,3)4/h5-12,23H,13-18H2,1-4H3,(H,28,31). The third-order valence-electron chi connectivity index (χ3n) is 6.10. The van der Waals surface area contributed by atoms with E-state index in [4.69, 9.17) is 0 Å². The fourth-order valence-electron chi connectivity index (χ4n) is 3.93. The minimum Gasteiger partial charge on any atom is -0.353 e. The van der Waals surface area contributed by atoms with Crippen LogP contribution >= 0.6 is 0 Å². The SMILES string of the molecule is Cc1ccc(C(=O)CCC(=O)NC2CCN(C(=O)c3ccc(C(C)(C)C)cc3)CC2)cc1. The van der Waals surface area contributed by atoms with Gasteiger partial charge in [-0.1, -0.05) is 62.7 Å². The molecule has 1 aliphatic heterocycles. The zero-order valence-corrected chi connectivity index (χ0v) is 19.6. The average Bonchev–Trinajstić information content (AvgIpc) is 2.77. The Morgan fingerprint density at radius 1 is 0.875 bits per heavy atom. The van der Waals surface area contributed by atoms with Gasteiger partial charge in [0.1, 0.15) is 0 Å². The van der Waals surface area contributed by atoms with Crippen LogP contribution in [0.4, 0.5) is 0 Å². The van der Waals surface area contributed by atoms with E-state index in [2.05, 4.69) is 26.1 Å². The average molecular weight is 435 g/mol. The number of carbonyl (C=O) groups is 3. The van der Waals surface area contributed by atoms with Gasteiger partial charge in [-0.05, 0) is 42.9 Å². The van der Waals surface area contributed by atoms with Gasteiger partial charge in [-0.15, -0.1) is 0 Å². The summed E-state index contributed by atoms with van der Waals surface area (Å²) in [4.78, 5) is 39.2. The summed E-state index contributed by atoms with van der Waals surface area (Å²) in [5.41, 5.74) is 3.71. The molecule has 1 fully saturated rings. The van der Waals surface area contributed by atoms with E-state index in [1.807, 2.05) is 48.2 Å². The van der Waals surface area contributed by atoms with Gasteiger partial charge in [-0.2, -0.15) is 0 Å². The largest absolute Gasteiger partial charge is 0.353 e. The Hall–Kier alpha value is -2.95. The van der Waals surface area contributed by atoms with Gasteiger partial charge in [0.15, 0.2) is 5.78 Å². The first-order chi connectivity index (χ1) is 15.1. The summed E-state index contributed by atoms with van der Waals surface area (Å²) >= 11 is 0. The molecule has 32 heavy (non-hydrogen) atoms. The Morgan fingerprint density at radius 3 is 2.00 bits per heavy atom. The summed E-state index contributed by atoms with van der Waals surface area (Å²) in [5.74, 6) is -0.0787. The van der Waals surface area contributed by atoms with E-state index in [0.29, 0.717) is 24.2 Å². The summed E-state index contributed by atoms with van der Waals surface area (Å²) in [6.07, 6.45) is 1.84. The number of nitrogens with one attached hydrogen (secondary N) is 1. The number of rotatable bonds is 6. The van der Waals surface area contributed by atoms with Crippen molar-refractivity contribution in [3.05, 3.63) is 70.8 Å². The number of aryl methyl sites for hydroxylation is 1. The number of ketones is 1. The molecule has 3 rings (SSSR count). The van der Waals surface area contributed by atoms with E-state index in [9.17, 15) is 14.4 Å². The number of nitrogens with zero attached hydrogens (tertiary/aromatic N) is 1. The van der Waals surface area contributed by atoms with Gasteiger partial charge in [0.05, 0.1) is 0 Å². The third-order valence-corrected chi connectivity index (χ3v) is 6.10. The fourth-order valence-corrected chi connectivity index (χ4v) is 3.93. The van der Waals surface area contributed by atoms with Crippen molar-refractivity contribution in [2.75, 3.05) is 13.1 Å². The number of carbonyl (C=O) groups excluding carboxylic acids is 3. The highest BCUT2D eigenvalue weighted by atomic mass is 16.2. The Labute approximate surface area is 191 Å². The monoisotopic (exact) mass is 434 g/mol. The molecule has 0 saturated carbocycles. The minimum atomic E-state index is -0.104. The van der Waals surface area contributed by atoms with Crippen LogP contribution in [-0.2, 0) is 10.2 Å². The van der Waals surface area contributed by atoms with Crippen LogP contribution in [0.2, 0.25) is 0 Å². The molecule has 1 aliphatic rings. The summed E-state index contributed by atoms with van der Waals surface area (Å²) in [5, 5.41) is 3.03. The first-order valence-corrected chi connectivity index (χ1v) is 11.4. The Bertz CT molecular complexity index is 948. The summed E-state index contributed by atoms with van der Waals surface area (Å²) < 4.78 is 0. The molecule has 0 unspecified atom stereocenters. The maximum Gasteiger partial charge on any atom is 0.253 e. The second-order valence-corrected chi connectivity index (χ2v) is 9.75. The lowest BCUT2D eigenvalue weighted by atomic mass is 9.86. The van der Waals surface area contributed by atoms with Gasteiger partial charge in [0.25, 0.3) is 5.91 Å². The van der Waals surface area contributed by atoms with E-state index in [0.717, 1.165) is 18.4 Å². The molecular weight excluding hydrogens is 400 g/mol. The molecule has 1 N–H and O–H groups in total. The highest BCUT2D eigenvalue weighted by molar-refractivity contribution is 5.98. The highest BCUT2D eigenvalue weighted by Crippen LogP contribution is 2.23. The van der Waals surface area contributed by atoms with Gasteiger partial charge in [0, 0.05) is 43.1 Å². The molecule has 2 amide bonds. The van der Waals surface area contributed by atoms with Crippen LogP contribution in [0.5, 0.6) is 0 Å². The quantitative estimate of drug-likeness (QED) is 0.672. The zero-order valence-electron chi connectivity index (χ0n) is 19.6. The molecule has 0 atom stereocenters. The lowest BCUT2D eigenvalue weighted by molar-refractivity contribution is -0.122. The van der Waals surface area contributed by atoms with E-state index in [-0.39, 0.29) is 41.9 Å². The predicted molar refractivity (Wildman–Crippen MR) is 127 cm³/mol. The van der Waals surface area contributed by atoms with E-state index >= 15 is 0 Å². The van der Waals surface area contributed by atoms with Crippen LogP contribution in [0.25, 0.3) is 0 Å². The third kappa shape index (κ3) is 6.28.